The lowest BCUT2D eigenvalue weighted by molar-refractivity contribution is -0.142. The van der Waals surface area contributed by atoms with Crippen LogP contribution in [0.15, 0.2) is 23.1 Å². The van der Waals surface area contributed by atoms with Gasteiger partial charge in [-0.05, 0) is 43.9 Å². The molecule has 2 rings (SSSR count). The van der Waals surface area contributed by atoms with Gasteiger partial charge < -0.3 is 9.84 Å². The van der Waals surface area contributed by atoms with Gasteiger partial charge in [-0.25, -0.2) is 22.3 Å². The van der Waals surface area contributed by atoms with Gasteiger partial charge >= 0.3 is 11.9 Å². The molecule has 7 nitrogen and oxygen atoms in total. The Bertz CT molecular complexity index is 740. The molecule has 1 aliphatic carbocycles. The highest BCUT2D eigenvalue weighted by atomic mass is 32.2. The van der Waals surface area contributed by atoms with E-state index in [9.17, 15) is 22.4 Å². The number of sulfonamides is 1. The summed E-state index contributed by atoms with van der Waals surface area (Å²) < 4.78 is 45.3. The van der Waals surface area contributed by atoms with E-state index in [2.05, 4.69) is 9.46 Å². The van der Waals surface area contributed by atoms with Gasteiger partial charge in [0.05, 0.1) is 23.5 Å². The average Bonchev–Trinajstić information content (AvgIpc) is 2.53. The lowest BCUT2D eigenvalue weighted by atomic mass is 9.87. The van der Waals surface area contributed by atoms with Crippen LogP contribution in [0, 0.1) is 11.7 Å². The van der Waals surface area contributed by atoms with Crippen LogP contribution in [0.25, 0.3) is 0 Å². The smallest absolute Gasteiger partial charge is 0.339 e. The van der Waals surface area contributed by atoms with Crippen LogP contribution in [0.2, 0.25) is 0 Å². The molecule has 0 aliphatic heterocycles. The molecule has 0 atom stereocenters. The van der Waals surface area contributed by atoms with Gasteiger partial charge in [-0.15, -0.1) is 0 Å². The van der Waals surface area contributed by atoms with E-state index in [4.69, 9.17) is 5.11 Å². The van der Waals surface area contributed by atoms with E-state index in [1.165, 1.54) is 0 Å². The highest BCUT2D eigenvalue weighted by Gasteiger charge is 2.30. The molecule has 1 aromatic carbocycles. The Kier molecular flexibility index (Phi) is 5.55. The van der Waals surface area contributed by atoms with Crippen molar-refractivity contribution >= 4 is 22.0 Å². The van der Waals surface area contributed by atoms with Gasteiger partial charge in [0.1, 0.15) is 5.82 Å². The van der Waals surface area contributed by atoms with Crippen LogP contribution in [-0.2, 0) is 19.6 Å². The molecule has 0 saturated heterocycles. The molecule has 24 heavy (non-hydrogen) atoms. The highest BCUT2D eigenvalue weighted by Crippen LogP contribution is 2.26. The molecule has 0 heterocycles. The second-order valence-electron chi connectivity index (χ2n) is 5.64. The summed E-state index contributed by atoms with van der Waals surface area (Å²) >= 11 is 0. The number of aliphatic carboxylic acids is 1. The first-order chi connectivity index (χ1) is 11.2. The summed E-state index contributed by atoms with van der Waals surface area (Å²) in [5.41, 5.74) is -0.385. The lowest BCUT2D eigenvalue weighted by Gasteiger charge is -2.26. The molecule has 0 radical (unpaired) electrons. The predicted octanol–water partition coefficient (Wildman–Crippen LogP) is 1.53. The fourth-order valence-electron chi connectivity index (χ4n) is 2.75. The number of carbonyl (C=O) groups excluding carboxylic acids is 1. The van der Waals surface area contributed by atoms with Crippen LogP contribution in [-0.4, -0.2) is 38.6 Å². The Hall–Kier alpha value is -2.00. The topological polar surface area (TPSA) is 110 Å². The minimum atomic E-state index is -4.07. The summed E-state index contributed by atoms with van der Waals surface area (Å²) in [6.07, 6.45) is 1.50. The number of carbonyl (C=O) groups is 2. The summed E-state index contributed by atoms with van der Waals surface area (Å²) in [6, 6.07) is 2.33. The van der Waals surface area contributed by atoms with E-state index in [1.807, 2.05) is 0 Å². The first kappa shape index (κ1) is 18.3. The molecule has 9 heteroatoms. The maximum atomic E-state index is 13.3. The third kappa shape index (κ3) is 4.09. The van der Waals surface area contributed by atoms with Crippen LogP contribution in [0.1, 0.15) is 36.0 Å². The maximum Gasteiger partial charge on any atom is 0.339 e. The zero-order valence-electron chi connectivity index (χ0n) is 13.0. The number of halogens is 1. The van der Waals surface area contributed by atoms with Gasteiger partial charge in [-0.2, -0.15) is 0 Å². The molecule has 0 bridgehead atoms. The van der Waals surface area contributed by atoms with Gasteiger partial charge in [0, 0.05) is 6.04 Å². The number of methoxy groups -OCH3 is 1. The van der Waals surface area contributed by atoms with Crippen LogP contribution in [0.3, 0.4) is 0 Å². The van der Waals surface area contributed by atoms with Gasteiger partial charge in [0.25, 0.3) is 0 Å². The molecule has 132 valence electrons. The molecule has 0 aromatic heterocycles. The monoisotopic (exact) mass is 359 g/mol. The molecule has 1 fully saturated rings. The second kappa shape index (κ2) is 7.27. The quantitative estimate of drug-likeness (QED) is 0.772. The van der Waals surface area contributed by atoms with E-state index in [-0.39, 0.29) is 10.5 Å². The molecule has 2 N–H and O–H groups in total. The standard InChI is InChI=1S/C15H18FNO6S/c1-23-15(20)12-8-10(16)4-7-13(12)24(21,22)17-11-5-2-9(3-6-11)14(18)19/h4,7-9,11,17H,2-3,5-6H2,1H3,(H,18,19). The first-order valence-corrected chi connectivity index (χ1v) is 8.86. The lowest BCUT2D eigenvalue weighted by Crippen LogP contribution is -2.39. The third-order valence-corrected chi connectivity index (χ3v) is 5.61. The van der Waals surface area contributed by atoms with Crippen molar-refractivity contribution in [3.05, 3.63) is 29.6 Å². The number of benzene rings is 1. The molecular formula is C15H18FNO6S. The van der Waals surface area contributed by atoms with Crippen molar-refractivity contribution in [3.63, 3.8) is 0 Å². The van der Waals surface area contributed by atoms with E-state index < -0.39 is 39.7 Å². The summed E-state index contributed by atoms with van der Waals surface area (Å²) in [4.78, 5) is 22.3. The van der Waals surface area contributed by atoms with Crippen LogP contribution < -0.4 is 4.72 Å². The Balaban J connectivity index is 2.20. The largest absolute Gasteiger partial charge is 0.481 e. The van der Waals surface area contributed by atoms with Crippen molar-refractivity contribution in [1.82, 2.24) is 4.72 Å². The number of rotatable bonds is 5. The fraction of sp³-hybridized carbons (Fsp3) is 0.467. The number of carboxylic acid groups (broad SMARTS) is 1. The molecule has 0 amide bonds. The van der Waals surface area contributed by atoms with Crippen molar-refractivity contribution in [2.45, 2.75) is 36.6 Å². The van der Waals surface area contributed by atoms with Crippen molar-refractivity contribution in [1.29, 1.82) is 0 Å². The van der Waals surface area contributed by atoms with Gasteiger partial charge in [0.2, 0.25) is 10.0 Å². The number of esters is 1. The first-order valence-electron chi connectivity index (χ1n) is 7.37. The number of ether oxygens (including phenoxy) is 1. The summed E-state index contributed by atoms with van der Waals surface area (Å²) in [5.74, 6) is -3.06. The normalized spacial score (nSPS) is 21.2. The Morgan fingerprint density at radius 1 is 1.25 bits per heavy atom. The van der Waals surface area contributed by atoms with Gasteiger partial charge in [-0.1, -0.05) is 0 Å². The van der Waals surface area contributed by atoms with Crippen LogP contribution >= 0.6 is 0 Å². The average molecular weight is 359 g/mol. The predicted molar refractivity (Wildman–Crippen MR) is 81.4 cm³/mol. The van der Waals surface area contributed by atoms with E-state index in [1.54, 1.807) is 0 Å². The third-order valence-electron chi connectivity index (χ3n) is 4.03. The van der Waals surface area contributed by atoms with Crippen molar-refractivity contribution < 1.29 is 32.2 Å². The molecular weight excluding hydrogens is 341 g/mol. The number of hydrogen-bond acceptors (Lipinski definition) is 5. The maximum absolute atomic E-state index is 13.3. The van der Waals surface area contributed by atoms with Crippen LogP contribution in [0.4, 0.5) is 4.39 Å². The highest BCUT2D eigenvalue weighted by molar-refractivity contribution is 7.89. The van der Waals surface area contributed by atoms with Gasteiger partial charge in [0.15, 0.2) is 0 Å². The number of hydrogen-bond donors (Lipinski definition) is 2. The molecule has 1 aromatic rings. The Labute approximate surface area is 138 Å². The summed E-state index contributed by atoms with van der Waals surface area (Å²) in [5, 5.41) is 8.96. The Morgan fingerprint density at radius 2 is 1.88 bits per heavy atom. The van der Waals surface area contributed by atoms with E-state index >= 15 is 0 Å². The number of carboxylic acids is 1. The van der Waals surface area contributed by atoms with Crippen molar-refractivity contribution in [3.8, 4) is 0 Å². The minimum absolute atomic E-state index is 0.365. The summed E-state index contributed by atoms with van der Waals surface area (Å²) in [6.45, 7) is 0. The van der Waals surface area contributed by atoms with Crippen LogP contribution in [0.5, 0.6) is 0 Å². The molecule has 0 spiro atoms. The zero-order chi connectivity index (χ0) is 17.9. The number of nitrogens with one attached hydrogen (secondary N) is 1. The SMILES string of the molecule is COC(=O)c1cc(F)ccc1S(=O)(=O)NC1CCC(C(=O)O)CC1. The van der Waals surface area contributed by atoms with E-state index in [0.717, 1.165) is 25.3 Å². The Morgan fingerprint density at radius 3 is 2.42 bits per heavy atom. The molecule has 1 saturated carbocycles. The second-order valence-corrected chi connectivity index (χ2v) is 7.32. The molecule has 1 aliphatic rings. The van der Waals surface area contributed by atoms with Crippen molar-refractivity contribution in [2.24, 2.45) is 5.92 Å². The van der Waals surface area contributed by atoms with Crippen molar-refractivity contribution in [2.75, 3.05) is 7.11 Å². The van der Waals surface area contributed by atoms with E-state index in [0.29, 0.717) is 25.7 Å². The zero-order valence-corrected chi connectivity index (χ0v) is 13.8. The fourth-order valence-corrected chi connectivity index (χ4v) is 4.23. The van der Waals surface area contributed by atoms with Gasteiger partial charge in [-0.3, -0.25) is 4.79 Å². The molecule has 0 unspecified atom stereocenters. The minimum Gasteiger partial charge on any atom is -0.481 e. The summed E-state index contributed by atoms with van der Waals surface area (Å²) in [7, 11) is -2.99.